The van der Waals surface area contributed by atoms with Gasteiger partial charge in [-0.2, -0.15) is 0 Å². The maximum Gasteiger partial charge on any atom is 0.236 e. The van der Waals surface area contributed by atoms with Crippen LogP contribution in [-0.4, -0.2) is 56.8 Å². The van der Waals surface area contributed by atoms with Crippen molar-refractivity contribution in [3.63, 3.8) is 0 Å². The summed E-state index contributed by atoms with van der Waals surface area (Å²) < 4.78 is 10.6. The molecule has 2 aliphatic rings. The number of nitrogens with one attached hydrogen (secondary N) is 1. The highest BCUT2D eigenvalue weighted by molar-refractivity contribution is 5.78. The van der Waals surface area contributed by atoms with E-state index in [1.165, 1.54) is 11.1 Å². The average molecular weight is 304 g/mol. The largest absolute Gasteiger partial charge is 0.497 e. The van der Waals surface area contributed by atoms with E-state index in [4.69, 9.17) is 9.47 Å². The molecule has 1 atom stereocenters. The van der Waals surface area contributed by atoms with Crippen molar-refractivity contribution in [2.75, 3.05) is 40.0 Å². The van der Waals surface area contributed by atoms with Crippen LogP contribution in [0, 0.1) is 0 Å². The van der Waals surface area contributed by atoms with Gasteiger partial charge in [-0.25, -0.2) is 0 Å². The highest BCUT2D eigenvalue weighted by Gasteiger charge is 2.21. The molecule has 1 heterocycles. The SMILES string of the molecule is COc1ccc2c(c1)C[C@@H](NCC(=O)N1CCOCC1)CC2. The summed E-state index contributed by atoms with van der Waals surface area (Å²) in [6, 6.07) is 6.66. The molecule has 22 heavy (non-hydrogen) atoms. The second kappa shape index (κ2) is 7.11. The molecule has 1 aliphatic carbocycles. The second-order valence-electron chi connectivity index (χ2n) is 5.95. The predicted molar refractivity (Wildman–Crippen MR) is 84.2 cm³/mol. The van der Waals surface area contributed by atoms with Gasteiger partial charge in [-0.05, 0) is 42.5 Å². The number of aryl methyl sites for hydroxylation is 1. The number of rotatable bonds is 4. The van der Waals surface area contributed by atoms with Gasteiger partial charge < -0.3 is 19.7 Å². The number of benzene rings is 1. The van der Waals surface area contributed by atoms with Crippen molar-refractivity contribution in [1.29, 1.82) is 0 Å². The summed E-state index contributed by atoms with van der Waals surface area (Å²) in [5.41, 5.74) is 2.74. The van der Waals surface area contributed by atoms with E-state index in [0.717, 1.165) is 25.0 Å². The Kier molecular flexibility index (Phi) is 4.95. The summed E-state index contributed by atoms with van der Waals surface area (Å²) in [4.78, 5) is 14.1. The van der Waals surface area contributed by atoms with Crippen molar-refractivity contribution >= 4 is 5.91 Å². The third-order valence-corrected chi connectivity index (χ3v) is 4.55. The zero-order valence-electron chi connectivity index (χ0n) is 13.1. The number of carbonyl (C=O) groups is 1. The van der Waals surface area contributed by atoms with Crippen LogP contribution in [0.4, 0.5) is 0 Å². The molecule has 0 spiro atoms. The Hall–Kier alpha value is -1.59. The maximum absolute atomic E-state index is 12.2. The number of carbonyl (C=O) groups excluding carboxylic acids is 1. The molecule has 1 aromatic rings. The van der Waals surface area contributed by atoms with Crippen LogP contribution in [0.2, 0.25) is 0 Å². The number of hydrogen-bond donors (Lipinski definition) is 1. The first-order chi connectivity index (χ1) is 10.8. The second-order valence-corrected chi connectivity index (χ2v) is 5.95. The molecule has 0 aromatic heterocycles. The Morgan fingerprint density at radius 1 is 1.36 bits per heavy atom. The third-order valence-electron chi connectivity index (χ3n) is 4.55. The zero-order valence-corrected chi connectivity index (χ0v) is 13.1. The quantitative estimate of drug-likeness (QED) is 0.902. The van der Waals surface area contributed by atoms with E-state index in [9.17, 15) is 4.79 Å². The van der Waals surface area contributed by atoms with Crippen LogP contribution in [0.5, 0.6) is 5.75 Å². The summed E-state index contributed by atoms with van der Waals surface area (Å²) in [6.07, 6.45) is 3.10. The van der Waals surface area contributed by atoms with E-state index < -0.39 is 0 Å². The van der Waals surface area contributed by atoms with Gasteiger partial charge in [0.15, 0.2) is 0 Å². The Morgan fingerprint density at radius 3 is 2.95 bits per heavy atom. The van der Waals surface area contributed by atoms with E-state index >= 15 is 0 Å². The predicted octanol–water partition coefficient (Wildman–Crippen LogP) is 1.00. The third kappa shape index (κ3) is 3.59. The molecule has 1 aromatic carbocycles. The molecule has 0 unspecified atom stereocenters. The number of ether oxygens (including phenoxy) is 2. The number of hydrogen-bond acceptors (Lipinski definition) is 4. The fraction of sp³-hybridized carbons (Fsp3) is 0.588. The fourth-order valence-corrected chi connectivity index (χ4v) is 3.19. The van der Waals surface area contributed by atoms with Gasteiger partial charge in [0.05, 0.1) is 26.9 Å². The molecule has 120 valence electrons. The lowest BCUT2D eigenvalue weighted by atomic mass is 9.88. The minimum atomic E-state index is 0.180. The first-order valence-electron chi connectivity index (χ1n) is 8.01. The molecular formula is C17H24N2O3. The molecule has 0 bridgehead atoms. The zero-order chi connectivity index (χ0) is 15.4. The molecule has 1 N–H and O–H groups in total. The summed E-state index contributed by atoms with van der Waals surface area (Å²) >= 11 is 0. The van der Waals surface area contributed by atoms with Gasteiger partial charge in [-0.3, -0.25) is 4.79 Å². The van der Waals surface area contributed by atoms with Crippen LogP contribution in [0.1, 0.15) is 17.5 Å². The van der Waals surface area contributed by atoms with Crippen molar-refractivity contribution < 1.29 is 14.3 Å². The van der Waals surface area contributed by atoms with Crippen LogP contribution < -0.4 is 10.1 Å². The van der Waals surface area contributed by atoms with Crippen LogP contribution in [0.15, 0.2) is 18.2 Å². The normalized spacial score (nSPS) is 21.3. The van der Waals surface area contributed by atoms with Crippen molar-refractivity contribution in [3.05, 3.63) is 29.3 Å². The van der Waals surface area contributed by atoms with Crippen molar-refractivity contribution in [3.8, 4) is 5.75 Å². The fourth-order valence-electron chi connectivity index (χ4n) is 3.19. The van der Waals surface area contributed by atoms with Gasteiger partial charge in [-0.1, -0.05) is 6.07 Å². The van der Waals surface area contributed by atoms with Crippen LogP contribution >= 0.6 is 0 Å². The summed E-state index contributed by atoms with van der Waals surface area (Å²) in [5.74, 6) is 1.09. The van der Waals surface area contributed by atoms with Crippen LogP contribution in [0.25, 0.3) is 0 Å². The lowest BCUT2D eigenvalue weighted by Gasteiger charge is -2.29. The van der Waals surface area contributed by atoms with Gasteiger partial charge in [0.1, 0.15) is 5.75 Å². The van der Waals surface area contributed by atoms with Gasteiger partial charge in [0.25, 0.3) is 0 Å². The van der Waals surface area contributed by atoms with Crippen molar-refractivity contribution in [2.24, 2.45) is 0 Å². The van der Waals surface area contributed by atoms with Gasteiger partial charge in [-0.15, -0.1) is 0 Å². The van der Waals surface area contributed by atoms with E-state index in [-0.39, 0.29) is 5.91 Å². The molecule has 0 saturated carbocycles. The highest BCUT2D eigenvalue weighted by Crippen LogP contribution is 2.25. The molecule has 5 heteroatoms. The first-order valence-corrected chi connectivity index (χ1v) is 8.01. The molecule has 1 amide bonds. The number of morpholine rings is 1. The van der Waals surface area contributed by atoms with Gasteiger partial charge in [0, 0.05) is 19.1 Å². The van der Waals surface area contributed by atoms with Gasteiger partial charge >= 0.3 is 0 Å². The van der Waals surface area contributed by atoms with E-state index in [1.807, 2.05) is 11.0 Å². The summed E-state index contributed by atoms with van der Waals surface area (Å²) in [6.45, 7) is 3.16. The Bertz CT molecular complexity index is 527. The average Bonchev–Trinajstić information content (AvgIpc) is 2.59. The first kappa shape index (κ1) is 15.3. The minimum Gasteiger partial charge on any atom is -0.497 e. The smallest absolute Gasteiger partial charge is 0.236 e. The van der Waals surface area contributed by atoms with E-state index in [1.54, 1.807) is 7.11 Å². The van der Waals surface area contributed by atoms with Crippen molar-refractivity contribution in [1.82, 2.24) is 10.2 Å². The topological polar surface area (TPSA) is 50.8 Å². The van der Waals surface area contributed by atoms with E-state index in [2.05, 4.69) is 17.4 Å². The summed E-state index contributed by atoms with van der Waals surface area (Å²) in [7, 11) is 1.70. The number of nitrogens with zero attached hydrogens (tertiary/aromatic N) is 1. The maximum atomic E-state index is 12.2. The van der Waals surface area contributed by atoms with Crippen LogP contribution in [-0.2, 0) is 22.4 Å². The Balaban J connectivity index is 1.52. The molecule has 3 rings (SSSR count). The Morgan fingerprint density at radius 2 is 2.18 bits per heavy atom. The molecule has 1 saturated heterocycles. The molecule has 1 fully saturated rings. The summed E-state index contributed by atoms with van der Waals surface area (Å²) in [5, 5.41) is 3.42. The highest BCUT2D eigenvalue weighted by atomic mass is 16.5. The minimum absolute atomic E-state index is 0.180. The van der Waals surface area contributed by atoms with Gasteiger partial charge in [0.2, 0.25) is 5.91 Å². The molecular weight excluding hydrogens is 280 g/mol. The molecule has 0 radical (unpaired) electrons. The number of fused-ring (bicyclic) bond motifs is 1. The lowest BCUT2D eigenvalue weighted by Crippen LogP contribution is -2.47. The number of amides is 1. The lowest BCUT2D eigenvalue weighted by molar-refractivity contribution is -0.134. The molecule has 5 nitrogen and oxygen atoms in total. The van der Waals surface area contributed by atoms with Crippen LogP contribution in [0.3, 0.4) is 0 Å². The molecule has 1 aliphatic heterocycles. The Labute approximate surface area is 131 Å². The monoisotopic (exact) mass is 304 g/mol. The standard InChI is InChI=1S/C17H24N2O3/c1-21-16-5-3-13-2-4-15(10-14(13)11-16)18-12-17(20)19-6-8-22-9-7-19/h3,5,11,15,18H,2,4,6-10,12H2,1H3/t15-/m0/s1. The van der Waals surface area contributed by atoms with Crippen molar-refractivity contribution in [2.45, 2.75) is 25.3 Å². The number of methoxy groups -OCH3 is 1. The van der Waals surface area contributed by atoms with E-state index in [0.29, 0.717) is 38.9 Å².